The summed E-state index contributed by atoms with van der Waals surface area (Å²) in [7, 11) is 1.39. The van der Waals surface area contributed by atoms with E-state index in [1.807, 2.05) is 0 Å². The van der Waals surface area contributed by atoms with Crippen LogP contribution in [0.4, 0.5) is 11.4 Å². The summed E-state index contributed by atoms with van der Waals surface area (Å²) in [6.07, 6.45) is -0.222. The van der Waals surface area contributed by atoms with E-state index in [0.717, 1.165) is 6.07 Å². The first-order valence-corrected chi connectivity index (χ1v) is 8.13. The lowest BCUT2D eigenvalue weighted by molar-refractivity contribution is -0.384. The zero-order valence-corrected chi connectivity index (χ0v) is 12.2. The van der Waals surface area contributed by atoms with E-state index in [2.05, 4.69) is 0 Å². The van der Waals surface area contributed by atoms with Crippen molar-refractivity contribution in [2.45, 2.75) is 11.7 Å². The number of nitro benzene ring substituents is 1. The Morgan fingerprint density at radius 3 is 2.50 bits per heavy atom. The van der Waals surface area contributed by atoms with E-state index in [1.165, 1.54) is 17.0 Å². The minimum absolute atomic E-state index is 0.0984. The van der Waals surface area contributed by atoms with Gasteiger partial charge in [0.2, 0.25) is 15.0 Å². The molecule has 7 nitrogen and oxygen atoms in total. The Kier molecular flexibility index (Phi) is 3.90. The van der Waals surface area contributed by atoms with Crippen LogP contribution in [0.25, 0.3) is 0 Å². The van der Waals surface area contributed by atoms with Gasteiger partial charge in [-0.3, -0.25) is 14.9 Å². The highest BCUT2D eigenvalue weighted by molar-refractivity contribution is 8.14. The molecule has 10 heteroatoms. The molecule has 1 amide bonds. The van der Waals surface area contributed by atoms with Gasteiger partial charge < -0.3 is 4.90 Å². The van der Waals surface area contributed by atoms with E-state index < -0.39 is 25.1 Å². The summed E-state index contributed by atoms with van der Waals surface area (Å²) >= 11 is 5.75. The summed E-state index contributed by atoms with van der Waals surface area (Å²) in [4.78, 5) is 23.0. The second-order valence-electron chi connectivity index (χ2n) is 4.20. The zero-order chi connectivity index (χ0) is 15.1. The molecular formula is C10H8Cl2N2O5S. The standard InChI is InChI=1S/C10H8Cl2N2O5S/c11-8-3-6(1-2-9(8)14(16)17)13-5-7(4-10(13)15)20(12,18)19/h1-3,7H,4-5H2. The maximum Gasteiger partial charge on any atom is 0.288 e. The van der Waals surface area contributed by atoms with Crippen LogP contribution in [0.5, 0.6) is 0 Å². The highest BCUT2D eigenvalue weighted by Crippen LogP contribution is 2.32. The molecule has 20 heavy (non-hydrogen) atoms. The van der Waals surface area contributed by atoms with Crippen molar-refractivity contribution in [2.75, 3.05) is 11.4 Å². The Bertz CT molecular complexity index is 691. The quantitative estimate of drug-likeness (QED) is 0.476. The Hall–Kier alpha value is -1.38. The number of rotatable bonds is 3. The monoisotopic (exact) mass is 338 g/mol. The molecule has 1 unspecified atom stereocenters. The van der Waals surface area contributed by atoms with Gasteiger partial charge in [0.1, 0.15) is 10.3 Å². The van der Waals surface area contributed by atoms with Crippen molar-refractivity contribution in [3.63, 3.8) is 0 Å². The highest BCUT2D eigenvalue weighted by atomic mass is 35.7. The Morgan fingerprint density at radius 1 is 1.40 bits per heavy atom. The molecule has 0 radical (unpaired) electrons. The van der Waals surface area contributed by atoms with E-state index in [0.29, 0.717) is 5.69 Å². The van der Waals surface area contributed by atoms with Crippen molar-refractivity contribution in [2.24, 2.45) is 0 Å². The first-order chi connectivity index (χ1) is 9.20. The summed E-state index contributed by atoms with van der Waals surface area (Å²) in [5, 5.41) is 9.52. The summed E-state index contributed by atoms with van der Waals surface area (Å²) in [5.41, 5.74) is 0.0111. The Balaban J connectivity index is 2.31. The number of nitrogens with zero attached hydrogens (tertiary/aromatic N) is 2. The van der Waals surface area contributed by atoms with Gasteiger partial charge in [0, 0.05) is 35.4 Å². The summed E-state index contributed by atoms with van der Waals surface area (Å²) in [6.45, 7) is -0.0984. The van der Waals surface area contributed by atoms with Gasteiger partial charge in [-0.15, -0.1) is 0 Å². The molecule has 108 valence electrons. The largest absolute Gasteiger partial charge is 0.311 e. The second kappa shape index (κ2) is 5.19. The van der Waals surface area contributed by atoms with Crippen molar-refractivity contribution in [3.8, 4) is 0 Å². The lowest BCUT2D eigenvalue weighted by Gasteiger charge is -2.16. The number of benzene rings is 1. The third-order valence-electron chi connectivity index (χ3n) is 2.93. The lowest BCUT2D eigenvalue weighted by atomic mass is 10.2. The minimum Gasteiger partial charge on any atom is -0.311 e. The topological polar surface area (TPSA) is 97.6 Å². The number of halogens is 2. The molecule has 1 heterocycles. The van der Waals surface area contributed by atoms with Gasteiger partial charge in [-0.2, -0.15) is 0 Å². The molecule has 1 atom stereocenters. The fourth-order valence-corrected chi connectivity index (χ4v) is 3.20. The maximum atomic E-state index is 11.8. The first-order valence-electron chi connectivity index (χ1n) is 5.38. The average Bonchev–Trinajstić information content (AvgIpc) is 2.70. The van der Waals surface area contributed by atoms with Gasteiger partial charge in [-0.05, 0) is 12.1 Å². The van der Waals surface area contributed by atoms with Gasteiger partial charge in [-0.25, -0.2) is 8.42 Å². The van der Waals surface area contributed by atoms with Crippen LogP contribution in [0.2, 0.25) is 5.02 Å². The second-order valence-corrected chi connectivity index (χ2v) is 7.51. The van der Waals surface area contributed by atoms with Crippen LogP contribution in [-0.2, 0) is 13.8 Å². The van der Waals surface area contributed by atoms with E-state index in [-0.39, 0.29) is 23.7 Å². The van der Waals surface area contributed by atoms with Crippen LogP contribution < -0.4 is 4.90 Å². The van der Waals surface area contributed by atoms with Crippen molar-refractivity contribution in [1.82, 2.24) is 0 Å². The normalized spacial score (nSPS) is 19.4. The molecule has 1 aliphatic heterocycles. The van der Waals surface area contributed by atoms with Crippen LogP contribution in [-0.4, -0.2) is 31.0 Å². The van der Waals surface area contributed by atoms with Gasteiger partial charge >= 0.3 is 0 Å². The van der Waals surface area contributed by atoms with Gasteiger partial charge in [0.15, 0.2) is 0 Å². The molecule has 1 aromatic rings. The fourth-order valence-electron chi connectivity index (χ4n) is 1.92. The number of amides is 1. The van der Waals surface area contributed by atoms with Crippen LogP contribution in [0, 0.1) is 10.1 Å². The molecule has 0 aliphatic carbocycles. The Labute approximate surface area is 123 Å². The number of carbonyl (C=O) groups is 1. The smallest absolute Gasteiger partial charge is 0.288 e. The Morgan fingerprint density at radius 2 is 2.05 bits per heavy atom. The molecule has 0 N–H and O–H groups in total. The highest BCUT2D eigenvalue weighted by Gasteiger charge is 2.38. The van der Waals surface area contributed by atoms with E-state index in [4.69, 9.17) is 22.3 Å². The number of hydrogen-bond donors (Lipinski definition) is 0. The molecule has 1 aliphatic rings. The molecule has 0 saturated carbocycles. The molecule has 0 spiro atoms. The summed E-state index contributed by atoms with van der Waals surface area (Å²) in [6, 6.07) is 3.75. The van der Waals surface area contributed by atoms with E-state index in [9.17, 15) is 23.3 Å². The molecule has 0 bridgehead atoms. The molecule has 1 aromatic carbocycles. The number of anilines is 1. The van der Waals surface area contributed by atoms with Gasteiger partial charge in [-0.1, -0.05) is 11.6 Å². The summed E-state index contributed by atoms with van der Waals surface area (Å²) < 4.78 is 22.5. The number of nitro groups is 1. The van der Waals surface area contributed by atoms with Gasteiger partial charge in [0.05, 0.1) is 4.92 Å². The SMILES string of the molecule is O=C1CC(S(=O)(=O)Cl)CN1c1ccc([N+](=O)[O-])c(Cl)c1. The molecule has 2 rings (SSSR count). The van der Waals surface area contributed by atoms with E-state index in [1.54, 1.807) is 0 Å². The number of carbonyl (C=O) groups excluding carboxylic acids is 1. The van der Waals surface area contributed by atoms with Crippen molar-refractivity contribution in [1.29, 1.82) is 0 Å². The zero-order valence-electron chi connectivity index (χ0n) is 9.82. The van der Waals surface area contributed by atoms with Crippen molar-refractivity contribution in [3.05, 3.63) is 33.3 Å². The predicted molar refractivity (Wildman–Crippen MR) is 73.6 cm³/mol. The number of hydrogen-bond acceptors (Lipinski definition) is 5. The third kappa shape index (κ3) is 2.87. The van der Waals surface area contributed by atoms with Crippen LogP contribution in [0.15, 0.2) is 18.2 Å². The lowest BCUT2D eigenvalue weighted by Crippen LogP contribution is -2.26. The van der Waals surface area contributed by atoms with Crippen LogP contribution in [0.1, 0.15) is 6.42 Å². The van der Waals surface area contributed by atoms with Gasteiger partial charge in [0.25, 0.3) is 5.69 Å². The van der Waals surface area contributed by atoms with Crippen LogP contribution in [0.3, 0.4) is 0 Å². The molecule has 1 saturated heterocycles. The molecule has 0 aromatic heterocycles. The molecular weight excluding hydrogens is 331 g/mol. The first kappa shape index (κ1) is 15.0. The fraction of sp³-hybridized carbons (Fsp3) is 0.300. The van der Waals surface area contributed by atoms with E-state index >= 15 is 0 Å². The molecule has 1 fully saturated rings. The van der Waals surface area contributed by atoms with Crippen LogP contribution >= 0.6 is 22.3 Å². The average molecular weight is 339 g/mol. The maximum absolute atomic E-state index is 11.8. The third-order valence-corrected chi connectivity index (χ3v) is 5.10. The minimum atomic E-state index is -3.84. The predicted octanol–water partition coefficient (Wildman–Crippen LogP) is 1.92. The van der Waals surface area contributed by atoms with Crippen molar-refractivity contribution >= 4 is 48.6 Å². The van der Waals surface area contributed by atoms with Crippen molar-refractivity contribution < 1.29 is 18.1 Å². The summed E-state index contributed by atoms with van der Waals surface area (Å²) in [5.74, 6) is -0.427.